The lowest BCUT2D eigenvalue weighted by atomic mass is 9.83. The van der Waals surface area contributed by atoms with Crippen LogP contribution in [0.3, 0.4) is 0 Å². The van der Waals surface area contributed by atoms with Crippen LogP contribution < -0.4 is 0 Å². The third-order valence-corrected chi connectivity index (χ3v) is 3.58. The van der Waals surface area contributed by atoms with E-state index in [-0.39, 0.29) is 11.2 Å². The molecule has 2 rings (SSSR count). The van der Waals surface area contributed by atoms with E-state index < -0.39 is 0 Å². The SMILES string of the molecule is Cc1cc(-c2ccccc2Cl)cc(C(C)(C)C)c1F. The summed E-state index contributed by atoms with van der Waals surface area (Å²) in [5.74, 6) is -0.122. The maximum atomic E-state index is 14.3. The lowest BCUT2D eigenvalue weighted by molar-refractivity contribution is 0.519. The molecule has 0 unspecified atom stereocenters. The summed E-state index contributed by atoms with van der Waals surface area (Å²) in [4.78, 5) is 0. The van der Waals surface area contributed by atoms with E-state index in [0.717, 1.165) is 16.7 Å². The van der Waals surface area contributed by atoms with E-state index in [1.165, 1.54) is 0 Å². The second-order valence-electron chi connectivity index (χ2n) is 5.88. The first-order chi connectivity index (χ1) is 8.80. The molecule has 0 saturated carbocycles. The van der Waals surface area contributed by atoms with Crippen LogP contribution >= 0.6 is 11.6 Å². The molecule has 0 radical (unpaired) electrons. The Bertz CT molecular complexity index is 609. The van der Waals surface area contributed by atoms with Gasteiger partial charge >= 0.3 is 0 Å². The summed E-state index contributed by atoms with van der Waals surface area (Å²) in [6, 6.07) is 11.4. The molecule has 2 aromatic rings. The van der Waals surface area contributed by atoms with E-state index in [0.29, 0.717) is 10.6 Å². The lowest BCUT2D eigenvalue weighted by Gasteiger charge is -2.22. The number of hydrogen-bond donors (Lipinski definition) is 0. The van der Waals surface area contributed by atoms with Crippen LogP contribution in [0, 0.1) is 12.7 Å². The first-order valence-electron chi connectivity index (χ1n) is 6.36. The summed E-state index contributed by atoms with van der Waals surface area (Å²) in [5.41, 5.74) is 3.06. The Hall–Kier alpha value is -1.34. The van der Waals surface area contributed by atoms with Gasteiger partial charge in [0.2, 0.25) is 0 Å². The molecule has 0 fully saturated rings. The van der Waals surface area contributed by atoms with Crippen molar-refractivity contribution in [3.8, 4) is 11.1 Å². The monoisotopic (exact) mass is 276 g/mol. The first kappa shape index (κ1) is 14.1. The van der Waals surface area contributed by atoms with Crippen LogP contribution in [0.25, 0.3) is 11.1 Å². The molecule has 0 saturated heterocycles. The summed E-state index contributed by atoms with van der Waals surface area (Å²) >= 11 is 6.22. The zero-order valence-corrected chi connectivity index (χ0v) is 12.5. The average Bonchev–Trinajstić information content (AvgIpc) is 2.31. The van der Waals surface area contributed by atoms with Gasteiger partial charge < -0.3 is 0 Å². The molecular formula is C17H18ClF. The molecule has 0 aliphatic rings. The number of halogens is 2. The second-order valence-corrected chi connectivity index (χ2v) is 6.29. The molecule has 0 spiro atoms. The molecule has 0 aromatic heterocycles. The fourth-order valence-corrected chi connectivity index (χ4v) is 2.41. The molecule has 0 amide bonds. The summed E-state index contributed by atoms with van der Waals surface area (Å²) in [6.07, 6.45) is 0. The van der Waals surface area contributed by atoms with Gasteiger partial charge in [-0.15, -0.1) is 0 Å². The fraction of sp³-hybridized carbons (Fsp3) is 0.294. The predicted octanol–water partition coefficient (Wildman–Crippen LogP) is 5.75. The van der Waals surface area contributed by atoms with Gasteiger partial charge in [0.25, 0.3) is 0 Å². The highest BCUT2D eigenvalue weighted by Gasteiger charge is 2.21. The van der Waals surface area contributed by atoms with Crippen molar-refractivity contribution in [1.29, 1.82) is 0 Å². The number of benzene rings is 2. The van der Waals surface area contributed by atoms with Crippen molar-refractivity contribution in [2.75, 3.05) is 0 Å². The predicted molar refractivity (Wildman–Crippen MR) is 80.3 cm³/mol. The van der Waals surface area contributed by atoms with Crippen molar-refractivity contribution in [2.45, 2.75) is 33.1 Å². The van der Waals surface area contributed by atoms with Crippen molar-refractivity contribution in [3.63, 3.8) is 0 Å². The Labute approximate surface area is 119 Å². The maximum absolute atomic E-state index is 14.3. The van der Waals surface area contributed by atoms with E-state index in [9.17, 15) is 4.39 Å². The number of rotatable bonds is 1. The zero-order chi connectivity index (χ0) is 14.2. The second kappa shape index (κ2) is 4.97. The third kappa shape index (κ3) is 2.82. The lowest BCUT2D eigenvalue weighted by Crippen LogP contribution is -2.14. The van der Waals surface area contributed by atoms with Crippen LogP contribution in [0.15, 0.2) is 36.4 Å². The Morgan fingerprint density at radius 3 is 2.26 bits per heavy atom. The van der Waals surface area contributed by atoms with Gasteiger partial charge in [0.1, 0.15) is 5.82 Å². The van der Waals surface area contributed by atoms with Crippen molar-refractivity contribution >= 4 is 11.6 Å². The first-order valence-corrected chi connectivity index (χ1v) is 6.74. The van der Waals surface area contributed by atoms with Gasteiger partial charge in [0, 0.05) is 10.6 Å². The highest BCUT2D eigenvalue weighted by atomic mass is 35.5. The highest BCUT2D eigenvalue weighted by molar-refractivity contribution is 6.33. The van der Waals surface area contributed by atoms with Crippen molar-refractivity contribution in [2.24, 2.45) is 0 Å². The van der Waals surface area contributed by atoms with Crippen LogP contribution in [-0.2, 0) is 5.41 Å². The molecule has 100 valence electrons. The van der Waals surface area contributed by atoms with Crippen LogP contribution in [0.4, 0.5) is 4.39 Å². The van der Waals surface area contributed by atoms with Gasteiger partial charge in [-0.2, -0.15) is 0 Å². The summed E-state index contributed by atoms with van der Waals surface area (Å²) in [7, 11) is 0. The summed E-state index contributed by atoms with van der Waals surface area (Å²) < 4.78 is 14.3. The van der Waals surface area contributed by atoms with E-state index >= 15 is 0 Å². The molecule has 0 aliphatic heterocycles. The molecule has 0 atom stereocenters. The third-order valence-electron chi connectivity index (χ3n) is 3.25. The van der Waals surface area contributed by atoms with Crippen LogP contribution in [0.1, 0.15) is 31.9 Å². The van der Waals surface area contributed by atoms with Crippen LogP contribution in [0.2, 0.25) is 5.02 Å². The average molecular weight is 277 g/mol. The van der Waals surface area contributed by atoms with E-state index in [2.05, 4.69) is 0 Å². The van der Waals surface area contributed by atoms with Gasteiger partial charge in [-0.25, -0.2) is 4.39 Å². The largest absolute Gasteiger partial charge is 0.206 e. The zero-order valence-electron chi connectivity index (χ0n) is 11.7. The van der Waals surface area contributed by atoms with E-state index in [1.54, 1.807) is 6.92 Å². The highest BCUT2D eigenvalue weighted by Crippen LogP contribution is 2.34. The molecule has 0 nitrogen and oxygen atoms in total. The molecule has 0 N–H and O–H groups in total. The molecule has 19 heavy (non-hydrogen) atoms. The Morgan fingerprint density at radius 1 is 1.05 bits per heavy atom. The molecule has 0 bridgehead atoms. The van der Waals surface area contributed by atoms with E-state index in [1.807, 2.05) is 57.2 Å². The van der Waals surface area contributed by atoms with E-state index in [4.69, 9.17) is 11.6 Å². The summed E-state index contributed by atoms with van der Waals surface area (Å²) in [5, 5.41) is 0.688. The van der Waals surface area contributed by atoms with Crippen molar-refractivity contribution < 1.29 is 4.39 Å². The van der Waals surface area contributed by atoms with Gasteiger partial charge in [-0.1, -0.05) is 50.6 Å². The van der Waals surface area contributed by atoms with Gasteiger partial charge in [-0.05, 0) is 47.2 Å². The normalized spacial score (nSPS) is 11.7. The van der Waals surface area contributed by atoms with Crippen molar-refractivity contribution in [1.82, 2.24) is 0 Å². The topological polar surface area (TPSA) is 0 Å². The van der Waals surface area contributed by atoms with Crippen LogP contribution in [-0.4, -0.2) is 0 Å². The molecule has 0 heterocycles. The minimum Gasteiger partial charge on any atom is -0.206 e. The molecule has 0 aliphatic carbocycles. The maximum Gasteiger partial charge on any atom is 0.129 e. The standard InChI is InChI=1S/C17H18ClF/c1-11-9-12(13-7-5-6-8-15(13)18)10-14(16(11)19)17(2,3)4/h5-10H,1-4H3. The van der Waals surface area contributed by atoms with Gasteiger partial charge in [0.15, 0.2) is 0 Å². The Balaban J connectivity index is 2.68. The minimum absolute atomic E-state index is 0.122. The van der Waals surface area contributed by atoms with Gasteiger partial charge in [-0.3, -0.25) is 0 Å². The van der Waals surface area contributed by atoms with Crippen LogP contribution in [0.5, 0.6) is 0 Å². The molecule has 2 heteroatoms. The smallest absolute Gasteiger partial charge is 0.129 e. The number of hydrogen-bond acceptors (Lipinski definition) is 0. The minimum atomic E-state index is -0.230. The number of aryl methyl sites for hydroxylation is 1. The fourth-order valence-electron chi connectivity index (χ4n) is 2.17. The summed E-state index contributed by atoms with van der Waals surface area (Å²) in [6.45, 7) is 7.84. The Kier molecular flexibility index (Phi) is 3.69. The quantitative estimate of drug-likeness (QED) is 0.622. The van der Waals surface area contributed by atoms with Gasteiger partial charge in [0.05, 0.1) is 0 Å². The van der Waals surface area contributed by atoms with Crippen molar-refractivity contribution in [3.05, 3.63) is 58.4 Å². The molecule has 2 aromatic carbocycles. The molecular weight excluding hydrogens is 259 g/mol. The Morgan fingerprint density at radius 2 is 1.68 bits per heavy atom.